The average molecular weight is 349 g/mol. The predicted molar refractivity (Wildman–Crippen MR) is 87.9 cm³/mol. The third kappa shape index (κ3) is 3.31. The number of rotatable bonds is 6. The van der Waals surface area contributed by atoms with Crippen LogP contribution in [0.4, 0.5) is 0 Å². The van der Waals surface area contributed by atoms with Gasteiger partial charge in [-0.3, -0.25) is 9.58 Å². The Balaban J connectivity index is 1.79. The maximum Gasteiger partial charge on any atom is 0.209 e. The molecule has 0 atom stereocenters. The van der Waals surface area contributed by atoms with Crippen molar-refractivity contribution in [3.8, 4) is 0 Å². The van der Waals surface area contributed by atoms with Crippen LogP contribution in [0.3, 0.4) is 0 Å². The van der Waals surface area contributed by atoms with Gasteiger partial charge >= 0.3 is 0 Å². The Morgan fingerprint density at radius 2 is 2.08 bits per heavy atom. The second-order valence-corrected chi connectivity index (χ2v) is 7.89. The highest BCUT2D eigenvalue weighted by Crippen LogP contribution is 2.21. The van der Waals surface area contributed by atoms with E-state index in [1.54, 1.807) is 29.8 Å². The number of hydrogen-bond donors (Lipinski definition) is 0. The van der Waals surface area contributed by atoms with Crippen LogP contribution < -0.4 is 0 Å². The molecule has 0 fully saturated rings. The normalized spacial score (nSPS) is 12.3. The summed E-state index contributed by atoms with van der Waals surface area (Å²) in [6.45, 7) is 2.71. The van der Waals surface area contributed by atoms with Gasteiger partial charge in [0.15, 0.2) is 15.4 Å². The number of oxazole rings is 1. The van der Waals surface area contributed by atoms with Crippen LogP contribution in [0, 0.1) is 0 Å². The second kappa shape index (κ2) is 6.33. The van der Waals surface area contributed by atoms with Crippen LogP contribution >= 0.6 is 0 Å². The molecule has 0 radical (unpaired) electrons. The molecule has 3 rings (SSSR count). The first-order valence-electron chi connectivity index (χ1n) is 7.52. The van der Waals surface area contributed by atoms with Crippen molar-refractivity contribution in [2.75, 3.05) is 12.8 Å². The molecule has 0 spiro atoms. The number of aryl methyl sites for hydroxylation is 1. The maximum absolute atomic E-state index is 12.0. The fourth-order valence-corrected chi connectivity index (χ4v) is 3.27. The Bertz CT molecular complexity index is 961. The summed E-state index contributed by atoms with van der Waals surface area (Å²) >= 11 is 0. The monoisotopic (exact) mass is 349 g/mol. The minimum Gasteiger partial charge on any atom is -0.439 e. The van der Waals surface area contributed by atoms with Crippen LogP contribution in [0.1, 0.15) is 18.6 Å². The number of nitrogens with zero attached hydrogens (tertiary/aromatic N) is 5. The van der Waals surface area contributed by atoms with Gasteiger partial charge in [0.25, 0.3) is 0 Å². The second-order valence-electron chi connectivity index (χ2n) is 5.61. The van der Waals surface area contributed by atoms with E-state index in [1.165, 1.54) is 6.33 Å². The molecule has 0 aliphatic rings. The summed E-state index contributed by atoms with van der Waals surface area (Å²) in [4.78, 5) is 10.8. The smallest absolute Gasteiger partial charge is 0.209 e. The van der Waals surface area contributed by atoms with Gasteiger partial charge in [0.2, 0.25) is 5.89 Å². The Hall–Kier alpha value is -2.26. The van der Waals surface area contributed by atoms with Crippen molar-refractivity contribution in [3.63, 3.8) is 0 Å². The molecule has 0 aliphatic carbocycles. The summed E-state index contributed by atoms with van der Waals surface area (Å²) in [6, 6.07) is 4.76. The molecule has 2 heterocycles. The fraction of sp³-hybridized carbons (Fsp3) is 0.400. The molecular weight excluding hydrogens is 330 g/mol. The third-order valence-electron chi connectivity index (χ3n) is 3.76. The standard InChI is InChI=1S/C15H19N5O3S/c1-4-24(21,22)11-5-6-13-12(7-11)18-15(23-13)9-19(2)8-14-16-10-17-20(14)3/h5-7,10H,4,8-9H2,1-3H3. The van der Waals surface area contributed by atoms with Crippen molar-refractivity contribution < 1.29 is 12.8 Å². The van der Waals surface area contributed by atoms with Gasteiger partial charge in [-0.25, -0.2) is 18.4 Å². The van der Waals surface area contributed by atoms with E-state index < -0.39 is 9.84 Å². The largest absolute Gasteiger partial charge is 0.439 e. The van der Waals surface area contributed by atoms with Gasteiger partial charge < -0.3 is 4.42 Å². The molecule has 0 saturated carbocycles. The van der Waals surface area contributed by atoms with Gasteiger partial charge in [0.1, 0.15) is 17.7 Å². The van der Waals surface area contributed by atoms with E-state index in [4.69, 9.17) is 4.42 Å². The van der Waals surface area contributed by atoms with Crippen LogP contribution in [0.15, 0.2) is 33.8 Å². The van der Waals surface area contributed by atoms with E-state index in [0.717, 1.165) is 5.82 Å². The Morgan fingerprint density at radius 1 is 1.29 bits per heavy atom. The third-order valence-corrected chi connectivity index (χ3v) is 5.50. The fourth-order valence-electron chi connectivity index (χ4n) is 2.37. The zero-order chi connectivity index (χ0) is 17.3. The first-order chi connectivity index (χ1) is 11.4. The Labute approximate surface area is 140 Å². The quantitative estimate of drug-likeness (QED) is 0.663. The first-order valence-corrected chi connectivity index (χ1v) is 9.18. The zero-order valence-electron chi connectivity index (χ0n) is 13.8. The van der Waals surface area contributed by atoms with Gasteiger partial charge in [0.05, 0.1) is 23.7 Å². The summed E-state index contributed by atoms with van der Waals surface area (Å²) < 4.78 is 31.3. The van der Waals surface area contributed by atoms with Gasteiger partial charge in [-0.2, -0.15) is 5.10 Å². The van der Waals surface area contributed by atoms with Crippen LogP contribution in [0.2, 0.25) is 0 Å². The SMILES string of the molecule is CCS(=O)(=O)c1ccc2oc(CN(C)Cc3ncnn3C)nc2c1. The molecule has 0 saturated heterocycles. The van der Waals surface area contributed by atoms with Crippen molar-refractivity contribution in [2.24, 2.45) is 7.05 Å². The van der Waals surface area contributed by atoms with E-state index in [1.807, 2.05) is 19.0 Å². The number of benzene rings is 1. The average Bonchev–Trinajstić information content (AvgIpc) is 3.12. The van der Waals surface area contributed by atoms with Gasteiger partial charge in [-0.05, 0) is 25.2 Å². The van der Waals surface area contributed by atoms with E-state index in [9.17, 15) is 8.42 Å². The molecule has 0 bridgehead atoms. The molecule has 2 aromatic heterocycles. The zero-order valence-corrected chi connectivity index (χ0v) is 14.6. The van der Waals surface area contributed by atoms with Crippen LogP contribution in [0.25, 0.3) is 11.1 Å². The van der Waals surface area contributed by atoms with E-state index in [2.05, 4.69) is 15.1 Å². The highest BCUT2D eigenvalue weighted by Gasteiger charge is 2.15. The lowest BCUT2D eigenvalue weighted by atomic mass is 10.3. The number of aromatic nitrogens is 4. The minimum absolute atomic E-state index is 0.0592. The van der Waals surface area contributed by atoms with E-state index >= 15 is 0 Å². The topological polar surface area (TPSA) is 94.1 Å². The highest BCUT2D eigenvalue weighted by molar-refractivity contribution is 7.91. The van der Waals surface area contributed by atoms with Crippen LogP contribution in [0.5, 0.6) is 0 Å². The molecule has 0 N–H and O–H groups in total. The molecule has 24 heavy (non-hydrogen) atoms. The summed E-state index contributed by atoms with van der Waals surface area (Å²) in [5.41, 5.74) is 1.12. The molecule has 128 valence electrons. The van der Waals surface area contributed by atoms with Crippen LogP contribution in [-0.2, 0) is 30.0 Å². The molecule has 0 amide bonds. The lowest BCUT2D eigenvalue weighted by Crippen LogP contribution is -2.20. The van der Waals surface area contributed by atoms with Crippen molar-refractivity contribution in [1.82, 2.24) is 24.6 Å². The van der Waals surface area contributed by atoms with E-state index in [-0.39, 0.29) is 10.6 Å². The minimum atomic E-state index is -3.25. The van der Waals surface area contributed by atoms with Crippen molar-refractivity contribution >= 4 is 20.9 Å². The Kier molecular flexibility index (Phi) is 4.37. The number of sulfone groups is 1. The van der Waals surface area contributed by atoms with Crippen LogP contribution in [-0.4, -0.2) is 45.9 Å². The maximum atomic E-state index is 12.0. The summed E-state index contributed by atoms with van der Waals surface area (Å²) in [5.74, 6) is 1.43. The van der Waals surface area contributed by atoms with Crippen molar-refractivity contribution in [2.45, 2.75) is 24.9 Å². The number of hydrogen-bond acceptors (Lipinski definition) is 7. The molecule has 0 aliphatic heterocycles. The summed E-state index contributed by atoms with van der Waals surface area (Å²) in [5, 5.41) is 4.04. The van der Waals surface area contributed by atoms with Gasteiger partial charge in [0, 0.05) is 7.05 Å². The number of fused-ring (bicyclic) bond motifs is 1. The van der Waals surface area contributed by atoms with Crippen molar-refractivity contribution in [3.05, 3.63) is 36.2 Å². The lowest BCUT2D eigenvalue weighted by Gasteiger charge is -2.13. The first kappa shape index (κ1) is 16.6. The van der Waals surface area contributed by atoms with E-state index in [0.29, 0.717) is 30.1 Å². The molecule has 1 aromatic carbocycles. The molecular formula is C15H19N5O3S. The van der Waals surface area contributed by atoms with Gasteiger partial charge in [-0.15, -0.1) is 0 Å². The molecule has 0 unspecified atom stereocenters. The lowest BCUT2D eigenvalue weighted by molar-refractivity contribution is 0.275. The summed E-state index contributed by atoms with van der Waals surface area (Å²) in [7, 11) is 0.513. The molecule has 9 heteroatoms. The molecule has 8 nitrogen and oxygen atoms in total. The highest BCUT2D eigenvalue weighted by atomic mass is 32.2. The summed E-state index contributed by atoms with van der Waals surface area (Å²) in [6.07, 6.45) is 1.51. The molecule has 3 aromatic rings. The van der Waals surface area contributed by atoms with Gasteiger partial charge in [-0.1, -0.05) is 6.92 Å². The predicted octanol–water partition coefficient (Wildman–Crippen LogP) is 1.38. The van der Waals surface area contributed by atoms with Crippen molar-refractivity contribution in [1.29, 1.82) is 0 Å². The Morgan fingerprint density at radius 3 is 2.75 bits per heavy atom.